The number of nitrogens with zero attached hydrogens (tertiary/aromatic N) is 2. The van der Waals surface area contributed by atoms with Gasteiger partial charge in [-0.05, 0) is 0 Å². The molecule has 0 aliphatic carbocycles. The van der Waals surface area contributed by atoms with Gasteiger partial charge in [0.05, 0.1) is 18.9 Å². The van der Waals surface area contributed by atoms with Gasteiger partial charge in [0.25, 0.3) is 5.92 Å². The van der Waals surface area contributed by atoms with E-state index >= 15 is 0 Å². The summed E-state index contributed by atoms with van der Waals surface area (Å²) in [6.45, 7) is -1.94. The molecule has 5 N–H and O–H groups in total. The maximum Gasteiger partial charge on any atom is 0.287 e. The van der Waals surface area contributed by atoms with Crippen LogP contribution in [0.5, 0.6) is 0 Å². The van der Waals surface area contributed by atoms with Crippen LogP contribution in [0.4, 0.5) is 20.4 Å². The van der Waals surface area contributed by atoms with Crippen molar-refractivity contribution in [2.75, 3.05) is 23.9 Å². The van der Waals surface area contributed by atoms with Gasteiger partial charge in [-0.2, -0.15) is 0 Å². The van der Waals surface area contributed by atoms with E-state index in [1.165, 1.54) is 12.4 Å². The maximum absolute atomic E-state index is 12.6. The van der Waals surface area contributed by atoms with Gasteiger partial charge in [0.2, 0.25) is 0 Å². The summed E-state index contributed by atoms with van der Waals surface area (Å²) in [6, 6.07) is 0. The fourth-order valence-corrected chi connectivity index (χ4v) is 0.796. The molecule has 0 fully saturated rings. The first-order valence-corrected chi connectivity index (χ1v) is 4.08. The molecule has 15 heavy (non-hydrogen) atoms. The standard InChI is InChI=1S/C7H11F2N5O/c8-7(9,4-15)3-12-5-1-11-2-6(13-5)14-10/h1-2,15H,3-4,10H2,(H2,12,13,14). The zero-order valence-corrected chi connectivity index (χ0v) is 7.74. The molecule has 0 saturated heterocycles. The van der Waals surface area contributed by atoms with E-state index in [2.05, 4.69) is 20.7 Å². The van der Waals surface area contributed by atoms with Crippen LogP contribution < -0.4 is 16.6 Å². The quantitative estimate of drug-likeness (QED) is 0.404. The lowest BCUT2D eigenvalue weighted by Crippen LogP contribution is -2.31. The van der Waals surface area contributed by atoms with Crippen LogP contribution in [0.15, 0.2) is 12.4 Å². The van der Waals surface area contributed by atoms with Crippen molar-refractivity contribution in [1.29, 1.82) is 0 Å². The summed E-state index contributed by atoms with van der Waals surface area (Å²) in [5.41, 5.74) is 2.23. The first-order chi connectivity index (χ1) is 7.07. The highest BCUT2D eigenvalue weighted by Crippen LogP contribution is 2.13. The molecule has 84 valence electrons. The molecule has 1 rings (SSSR count). The van der Waals surface area contributed by atoms with Crippen LogP contribution in [0.3, 0.4) is 0 Å². The van der Waals surface area contributed by atoms with Crippen molar-refractivity contribution >= 4 is 11.6 Å². The van der Waals surface area contributed by atoms with Crippen LogP contribution in [0.2, 0.25) is 0 Å². The summed E-state index contributed by atoms with van der Waals surface area (Å²) < 4.78 is 25.2. The van der Waals surface area contributed by atoms with E-state index in [0.717, 1.165) is 0 Å². The van der Waals surface area contributed by atoms with E-state index < -0.39 is 19.1 Å². The van der Waals surface area contributed by atoms with Gasteiger partial charge in [0.1, 0.15) is 12.4 Å². The number of nitrogen functional groups attached to an aromatic ring is 1. The monoisotopic (exact) mass is 219 g/mol. The highest BCUT2D eigenvalue weighted by molar-refractivity contribution is 5.40. The number of hydrogen-bond acceptors (Lipinski definition) is 6. The molecule has 6 nitrogen and oxygen atoms in total. The van der Waals surface area contributed by atoms with Crippen LogP contribution in [0.1, 0.15) is 0 Å². The number of rotatable bonds is 5. The lowest BCUT2D eigenvalue weighted by molar-refractivity contribution is -0.0373. The Morgan fingerprint density at radius 3 is 2.67 bits per heavy atom. The minimum atomic E-state index is -3.19. The fraction of sp³-hybridized carbons (Fsp3) is 0.429. The first kappa shape index (κ1) is 11.5. The number of aliphatic hydroxyl groups is 1. The minimum absolute atomic E-state index is 0.151. The van der Waals surface area contributed by atoms with Crippen LogP contribution in [0, 0.1) is 0 Å². The summed E-state index contributed by atoms with van der Waals surface area (Å²) in [7, 11) is 0. The normalized spacial score (nSPS) is 11.2. The Bertz CT molecular complexity index is 322. The second-order valence-electron chi connectivity index (χ2n) is 2.80. The predicted molar refractivity (Wildman–Crippen MR) is 50.4 cm³/mol. The third-order valence-electron chi connectivity index (χ3n) is 1.54. The Labute approximate surface area is 84.5 Å². The average Bonchev–Trinajstić information content (AvgIpc) is 2.27. The van der Waals surface area contributed by atoms with Crippen molar-refractivity contribution in [3.63, 3.8) is 0 Å². The van der Waals surface area contributed by atoms with E-state index in [4.69, 9.17) is 10.9 Å². The van der Waals surface area contributed by atoms with Gasteiger partial charge in [-0.1, -0.05) is 0 Å². The van der Waals surface area contributed by atoms with Crippen LogP contribution >= 0.6 is 0 Å². The Morgan fingerprint density at radius 2 is 2.07 bits per heavy atom. The van der Waals surface area contributed by atoms with E-state index in [9.17, 15) is 8.78 Å². The average molecular weight is 219 g/mol. The number of anilines is 2. The van der Waals surface area contributed by atoms with Gasteiger partial charge in [0.15, 0.2) is 5.82 Å². The zero-order valence-electron chi connectivity index (χ0n) is 7.74. The molecule has 0 spiro atoms. The number of nitrogens with one attached hydrogen (secondary N) is 2. The van der Waals surface area contributed by atoms with Gasteiger partial charge in [0, 0.05) is 0 Å². The maximum atomic E-state index is 12.6. The second-order valence-corrected chi connectivity index (χ2v) is 2.80. The molecule has 0 aliphatic heterocycles. The SMILES string of the molecule is NNc1cncc(NCC(F)(F)CO)n1. The molecule has 1 aromatic rings. The smallest absolute Gasteiger partial charge is 0.287 e. The molecule has 0 saturated carbocycles. The molecule has 0 amide bonds. The summed E-state index contributed by atoms with van der Waals surface area (Å²) >= 11 is 0. The molecule has 8 heteroatoms. The number of hydrazine groups is 1. The van der Waals surface area contributed by atoms with Crippen LogP contribution in [-0.4, -0.2) is 34.1 Å². The van der Waals surface area contributed by atoms with Crippen molar-refractivity contribution in [2.24, 2.45) is 5.84 Å². The zero-order chi connectivity index (χ0) is 11.3. The van der Waals surface area contributed by atoms with Crippen LogP contribution in [-0.2, 0) is 0 Å². The highest BCUT2D eigenvalue weighted by Gasteiger charge is 2.27. The van der Waals surface area contributed by atoms with Crippen molar-refractivity contribution in [3.8, 4) is 0 Å². The molecule has 0 aromatic carbocycles. The van der Waals surface area contributed by atoms with E-state index in [-0.39, 0.29) is 11.6 Å². The van der Waals surface area contributed by atoms with Gasteiger partial charge >= 0.3 is 0 Å². The molecule has 0 radical (unpaired) electrons. The molecule has 0 bridgehead atoms. The molecule has 0 aliphatic rings. The molecule has 1 heterocycles. The minimum Gasteiger partial charge on any atom is -0.390 e. The lowest BCUT2D eigenvalue weighted by atomic mass is 10.3. The van der Waals surface area contributed by atoms with Crippen LogP contribution in [0.25, 0.3) is 0 Å². The summed E-state index contributed by atoms with van der Waals surface area (Å²) in [4.78, 5) is 7.51. The number of aliphatic hydroxyl groups excluding tert-OH is 1. The summed E-state index contributed by atoms with van der Waals surface area (Å²) in [6.07, 6.45) is 2.61. The summed E-state index contributed by atoms with van der Waals surface area (Å²) in [5, 5.41) is 10.6. The lowest BCUT2D eigenvalue weighted by Gasteiger charge is -2.14. The molecule has 1 aromatic heterocycles. The summed E-state index contributed by atoms with van der Waals surface area (Å²) in [5.74, 6) is 2.28. The van der Waals surface area contributed by atoms with E-state index in [0.29, 0.717) is 0 Å². The topological polar surface area (TPSA) is 96.1 Å². The van der Waals surface area contributed by atoms with Crippen molar-refractivity contribution in [3.05, 3.63) is 12.4 Å². The molecule has 0 unspecified atom stereocenters. The molecular formula is C7H11F2N5O. The molecule has 0 atom stereocenters. The second kappa shape index (κ2) is 4.80. The van der Waals surface area contributed by atoms with Gasteiger partial charge < -0.3 is 15.8 Å². The third kappa shape index (κ3) is 3.60. The van der Waals surface area contributed by atoms with E-state index in [1.54, 1.807) is 0 Å². The fourth-order valence-electron chi connectivity index (χ4n) is 0.796. The number of hydrogen-bond donors (Lipinski definition) is 4. The number of aromatic nitrogens is 2. The number of halogens is 2. The predicted octanol–water partition coefficient (Wildman–Crippen LogP) is -0.198. The Kier molecular flexibility index (Phi) is 3.69. The van der Waals surface area contributed by atoms with Gasteiger partial charge in [-0.15, -0.1) is 0 Å². The van der Waals surface area contributed by atoms with E-state index in [1.807, 2.05) is 0 Å². The Hall–Kier alpha value is -1.54. The van der Waals surface area contributed by atoms with Crippen molar-refractivity contribution < 1.29 is 13.9 Å². The number of nitrogens with two attached hydrogens (primary N) is 1. The van der Waals surface area contributed by atoms with Gasteiger partial charge in [-0.25, -0.2) is 19.6 Å². The number of alkyl halides is 2. The Balaban J connectivity index is 2.57. The highest BCUT2D eigenvalue weighted by atomic mass is 19.3. The largest absolute Gasteiger partial charge is 0.390 e. The first-order valence-electron chi connectivity index (χ1n) is 4.08. The van der Waals surface area contributed by atoms with Crippen molar-refractivity contribution in [2.45, 2.75) is 5.92 Å². The Morgan fingerprint density at radius 1 is 1.40 bits per heavy atom. The third-order valence-corrected chi connectivity index (χ3v) is 1.54. The van der Waals surface area contributed by atoms with Gasteiger partial charge in [-0.3, -0.25) is 4.98 Å². The van der Waals surface area contributed by atoms with Crippen molar-refractivity contribution in [1.82, 2.24) is 9.97 Å². The molecular weight excluding hydrogens is 208 g/mol.